The summed E-state index contributed by atoms with van der Waals surface area (Å²) in [6, 6.07) is 18.2. The molecule has 39 heavy (non-hydrogen) atoms. The van der Waals surface area contributed by atoms with E-state index in [1.807, 2.05) is 36.4 Å². The van der Waals surface area contributed by atoms with Gasteiger partial charge < -0.3 is 19.1 Å². The van der Waals surface area contributed by atoms with Crippen molar-refractivity contribution in [2.45, 2.75) is 25.7 Å². The molecule has 7 heteroatoms. The molecule has 0 bridgehead atoms. The number of ketones is 1. The van der Waals surface area contributed by atoms with Crippen molar-refractivity contribution in [2.75, 3.05) is 40.5 Å². The first-order valence-corrected chi connectivity index (χ1v) is 13.5. The molecule has 0 radical (unpaired) electrons. The lowest BCUT2D eigenvalue weighted by Gasteiger charge is -2.26. The second kappa shape index (κ2) is 10.6. The Balaban J connectivity index is 1.37. The van der Waals surface area contributed by atoms with Crippen LogP contribution in [0.2, 0.25) is 0 Å². The standard InChI is InChI=1S/C32H32N2O5/c1-37-23-12-14-26-27(19-23)31(35)29-25-13-11-24(38-2)20-28(25)32(36)34(30(26)29)21-7-9-22(10-8-21)39-18-6-17-33-15-4-3-5-16-33/h7-14,19-20H,3-6,15-18H2,1-2H3. The van der Waals surface area contributed by atoms with Crippen molar-refractivity contribution in [3.63, 3.8) is 0 Å². The maximum Gasteiger partial charge on any atom is 0.263 e. The number of benzene rings is 3. The second-order valence-corrected chi connectivity index (χ2v) is 10.1. The maximum atomic E-state index is 14.0. The second-order valence-electron chi connectivity index (χ2n) is 10.1. The zero-order valence-electron chi connectivity index (χ0n) is 22.4. The summed E-state index contributed by atoms with van der Waals surface area (Å²) in [5.74, 6) is 1.78. The number of carbonyl (C=O) groups excluding carboxylic acids is 1. The summed E-state index contributed by atoms with van der Waals surface area (Å²) in [5.41, 5.74) is 2.79. The molecule has 6 rings (SSSR count). The van der Waals surface area contributed by atoms with E-state index in [4.69, 9.17) is 14.2 Å². The van der Waals surface area contributed by atoms with Crippen LogP contribution in [-0.4, -0.2) is 55.7 Å². The fourth-order valence-corrected chi connectivity index (χ4v) is 5.77. The van der Waals surface area contributed by atoms with Gasteiger partial charge in [0.25, 0.3) is 5.56 Å². The van der Waals surface area contributed by atoms with Crippen LogP contribution in [0.3, 0.4) is 0 Å². The summed E-state index contributed by atoms with van der Waals surface area (Å²) >= 11 is 0. The predicted octanol–water partition coefficient (Wildman–Crippen LogP) is 5.47. The van der Waals surface area contributed by atoms with Gasteiger partial charge in [-0.15, -0.1) is 0 Å². The zero-order chi connectivity index (χ0) is 26.9. The van der Waals surface area contributed by atoms with Crippen molar-refractivity contribution in [3.05, 3.63) is 82.1 Å². The molecule has 0 saturated carbocycles. The number of rotatable bonds is 8. The number of piperidine rings is 1. The number of fused-ring (bicyclic) bond motifs is 5. The van der Waals surface area contributed by atoms with Crippen LogP contribution < -0.4 is 19.8 Å². The molecule has 1 aromatic heterocycles. The fraction of sp³-hybridized carbons (Fsp3) is 0.312. The first kappa shape index (κ1) is 25.2. The van der Waals surface area contributed by atoms with Crippen LogP contribution in [0, 0.1) is 0 Å². The number of aromatic nitrogens is 1. The van der Waals surface area contributed by atoms with Crippen LogP contribution >= 0.6 is 0 Å². The Hall–Kier alpha value is -4.10. The van der Waals surface area contributed by atoms with Crippen LogP contribution in [0.4, 0.5) is 0 Å². The summed E-state index contributed by atoms with van der Waals surface area (Å²) in [6.07, 6.45) is 4.89. The van der Waals surface area contributed by atoms with Gasteiger partial charge in [-0.05, 0) is 93.0 Å². The van der Waals surface area contributed by atoms with Gasteiger partial charge in [0.1, 0.15) is 17.2 Å². The third kappa shape index (κ3) is 4.57. The molecule has 0 amide bonds. The van der Waals surface area contributed by atoms with Gasteiger partial charge in [0.05, 0.1) is 37.5 Å². The van der Waals surface area contributed by atoms with Gasteiger partial charge >= 0.3 is 0 Å². The molecule has 0 N–H and O–H groups in total. The van der Waals surface area contributed by atoms with Crippen molar-refractivity contribution in [1.29, 1.82) is 0 Å². The minimum atomic E-state index is -0.214. The number of pyridine rings is 1. The largest absolute Gasteiger partial charge is 0.497 e. The molecule has 2 aliphatic rings. The van der Waals surface area contributed by atoms with E-state index in [1.165, 1.54) is 32.4 Å². The Kier molecular flexibility index (Phi) is 6.83. The number of ether oxygens (including phenoxy) is 3. The van der Waals surface area contributed by atoms with Crippen molar-refractivity contribution < 1.29 is 19.0 Å². The van der Waals surface area contributed by atoms with Crippen LogP contribution in [0.5, 0.6) is 17.2 Å². The van der Waals surface area contributed by atoms with Crippen molar-refractivity contribution >= 4 is 16.6 Å². The Morgan fingerprint density at radius 2 is 1.44 bits per heavy atom. The highest BCUT2D eigenvalue weighted by molar-refractivity contribution is 6.27. The fourth-order valence-electron chi connectivity index (χ4n) is 5.77. The lowest BCUT2D eigenvalue weighted by Crippen LogP contribution is -2.31. The Morgan fingerprint density at radius 3 is 2.18 bits per heavy atom. The molecule has 0 atom stereocenters. The molecule has 0 spiro atoms. The predicted molar refractivity (Wildman–Crippen MR) is 152 cm³/mol. The SMILES string of the molecule is COc1ccc2c(c1)C(=O)c1c-2n(-c2ccc(OCCCN3CCCCC3)cc2)c(=O)c2cc(OC)ccc12. The highest BCUT2D eigenvalue weighted by atomic mass is 16.5. The molecule has 3 aromatic carbocycles. The van der Waals surface area contributed by atoms with Gasteiger partial charge in [-0.2, -0.15) is 0 Å². The Labute approximate surface area is 227 Å². The van der Waals surface area contributed by atoms with Gasteiger partial charge in [0.2, 0.25) is 0 Å². The molecule has 0 unspecified atom stereocenters. The molecule has 1 aliphatic heterocycles. The number of carbonyl (C=O) groups is 1. The molecule has 1 fully saturated rings. The zero-order valence-corrected chi connectivity index (χ0v) is 22.4. The number of nitrogens with zero attached hydrogens (tertiary/aromatic N) is 2. The molecule has 7 nitrogen and oxygen atoms in total. The molecular weight excluding hydrogens is 492 g/mol. The number of methoxy groups -OCH3 is 2. The number of hydrogen-bond donors (Lipinski definition) is 0. The Bertz CT molecular complexity index is 1600. The topological polar surface area (TPSA) is 70.0 Å². The van der Waals surface area contributed by atoms with Crippen LogP contribution in [0.1, 0.15) is 41.6 Å². The third-order valence-electron chi connectivity index (χ3n) is 7.77. The Morgan fingerprint density at radius 1 is 0.744 bits per heavy atom. The van der Waals surface area contributed by atoms with E-state index in [0.717, 1.165) is 18.7 Å². The van der Waals surface area contributed by atoms with E-state index < -0.39 is 0 Å². The summed E-state index contributed by atoms with van der Waals surface area (Å²) in [4.78, 5) is 30.2. The minimum absolute atomic E-state index is 0.128. The third-order valence-corrected chi connectivity index (χ3v) is 7.77. The monoisotopic (exact) mass is 524 g/mol. The first-order valence-electron chi connectivity index (χ1n) is 13.5. The lowest BCUT2D eigenvalue weighted by atomic mass is 10.0. The van der Waals surface area contributed by atoms with Crippen LogP contribution in [-0.2, 0) is 0 Å². The first-order chi connectivity index (χ1) is 19.1. The number of likely N-dealkylation sites (tertiary alicyclic amines) is 1. The van der Waals surface area contributed by atoms with E-state index in [-0.39, 0.29) is 11.3 Å². The minimum Gasteiger partial charge on any atom is -0.497 e. The molecule has 4 aromatic rings. The van der Waals surface area contributed by atoms with E-state index in [2.05, 4.69) is 4.90 Å². The highest BCUT2D eigenvalue weighted by Crippen LogP contribution is 2.42. The molecule has 2 heterocycles. The number of hydrogen-bond acceptors (Lipinski definition) is 6. The van der Waals surface area contributed by atoms with Gasteiger partial charge in [-0.1, -0.05) is 6.42 Å². The molecule has 1 saturated heterocycles. The quantitative estimate of drug-likeness (QED) is 0.251. The summed E-state index contributed by atoms with van der Waals surface area (Å²) in [5, 5.41) is 1.04. The van der Waals surface area contributed by atoms with Crippen LogP contribution in [0.15, 0.2) is 65.5 Å². The van der Waals surface area contributed by atoms with Gasteiger partial charge in [0, 0.05) is 28.7 Å². The highest BCUT2D eigenvalue weighted by Gasteiger charge is 2.33. The van der Waals surface area contributed by atoms with Gasteiger partial charge in [-0.25, -0.2) is 0 Å². The normalized spacial score (nSPS) is 14.8. The van der Waals surface area contributed by atoms with E-state index in [9.17, 15) is 9.59 Å². The lowest BCUT2D eigenvalue weighted by molar-refractivity contribution is 0.104. The van der Waals surface area contributed by atoms with Gasteiger partial charge in [-0.3, -0.25) is 14.2 Å². The van der Waals surface area contributed by atoms with E-state index >= 15 is 0 Å². The van der Waals surface area contributed by atoms with Crippen molar-refractivity contribution in [1.82, 2.24) is 9.47 Å². The van der Waals surface area contributed by atoms with Crippen molar-refractivity contribution in [3.8, 4) is 34.2 Å². The summed E-state index contributed by atoms with van der Waals surface area (Å²) < 4.78 is 18.4. The van der Waals surface area contributed by atoms with Crippen LogP contribution in [0.25, 0.3) is 27.7 Å². The average molecular weight is 525 g/mol. The molecule has 200 valence electrons. The van der Waals surface area contributed by atoms with E-state index in [1.54, 1.807) is 43.1 Å². The molecular formula is C32H32N2O5. The summed E-state index contributed by atoms with van der Waals surface area (Å²) in [6.45, 7) is 4.07. The van der Waals surface area contributed by atoms with Gasteiger partial charge in [0.15, 0.2) is 5.78 Å². The maximum absolute atomic E-state index is 14.0. The van der Waals surface area contributed by atoms with E-state index in [0.29, 0.717) is 57.0 Å². The smallest absolute Gasteiger partial charge is 0.263 e. The molecule has 1 aliphatic carbocycles. The average Bonchev–Trinajstić information content (AvgIpc) is 3.27. The van der Waals surface area contributed by atoms with Crippen molar-refractivity contribution in [2.24, 2.45) is 0 Å². The summed E-state index contributed by atoms with van der Waals surface area (Å²) in [7, 11) is 3.13.